The van der Waals surface area contributed by atoms with E-state index in [2.05, 4.69) is 195 Å². The summed E-state index contributed by atoms with van der Waals surface area (Å²) < 4.78 is 0. The molecule has 1 heteroatoms. The van der Waals surface area contributed by atoms with Gasteiger partial charge >= 0.3 is 0 Å². The Kier molecular flexibility index (Phi) is 12.0. The summed E-state index contributed by atoms with van der Waals surface area (Å²) in [4.78, 5) is 4.72. The van der Waals surface area contributed by atoms with Gasteiger partial charge in [0.2, 0.25) is 0 Å². The van der Waals surface area contributed by atoms with Crippen molar-refractivity contribution in [3.05, 3.63) is 222 Å². The Morgan fingerprint density at radius 3 is 0.878 bits per heavy atom. The van der Waals surface area contributed by atoms with E-state index in [1.165, 1.54) is 198 Å². The van der Waals surface area contributed by atoms with Crippen molar-refractivity contribution >= 4 is 0 Å². The average molecular weight is 1180 g/mol. The SMILES string of the molecule is CCCCCCC12CCC(c3ccc(-c4ccc(-c5ccc(C67CC8C9CC%10(c%11ccc(-c%12ccc(C%13%14CC%15C%16CC%17(c%18ccc(-c%19ccnc(-c%20ccccc%20)c%19)cc%18)CC%15C(C%13)C(C%17)C%16C%14)cc%12)cc%11)CC8C(C6)C(C%10)C9C7)cc5)cc4)cc3)(CC1)CC2. The van der Waals surface area contributed by atoms with Gasteiger partial charge in [0, 0.05) is 11.8 Å². The number of fused-ring (bicyclic) bond motifs is 3. The van der Waals surface area contributed by atoms with E-state index in [-0.39, 0.29) is 0 Å². The highest BCUT2D eigenvalue weighted by molar-refractivity contribution is 5.73. The lowest BCUT2D eigenvalue weighted by Crippen LogP contribution is -2.69. The molecule has 1 heterocycles. The van der Waals surface area contributed by atoms with Crippen LogP contribution in [-0.4, -0.2) is 4.98 Å². The number of aromatic nitrogens is 1. The molecule has 17 aliphatic rings. The minimum Gasteiger partial charge on any atom is -0.256 e. The third kappa shape index (κ3) is 8.01. The van der Waals surface area contributed by atoms with Gasteiger partial charge in [0.05, 0.1) is 5.69 Å². The molecule has 18 bridgehead atoms. The Bertz CT molecular complexity index is 3880. The van der Waals surface area contributed by atoms with Crippen LogP contribution in [0.15, 0.2) is 194 Å². The van der Waals surface area contributed by atoms with Crippen LogP contribution in [0, 0.1) is 76.4 Å². The molecule has 0 saturated heterocycles. The molecule has 0 amide bonds. The lowest BCUT2D eigenvalue weighted by molar-refractivity contribution is -0.221. The first kappa shape index (κ1) is 54.3. The Labute approximate surface area is 537 Å². The van der Waals surface area contributed by atoms with E-state index in [0.717, 1.165) is 76.7 Å². The summed E-state index contributed by atoms with van der Waals surface area (Å²) in [7, 11) is 0. The number of pyridine rings is 1. The smallest absolute Gasteiger partial charge is 0.0708 e. The Balaban J connectivity index is 0.470. The van der Waals surface area contributed by atoms with Crippen molar-refractivity contribution < 1.29 is 0 Å². The van der Waals surface area contributed by atoms with Crippen molar-refractivity contribution in [2.24, 2.45) is 76.4 Å². The van der Waals surface area contributed by atoms with Crippen LogP contribution in [0.1, 0.15) is 182 Å². The molecular formula is C89H93N. The molecule has 17 fully saturated rings. The number of hydrogen-bond acceptors (Lipinski definition) is 1. The predicted molar refractivity (Wildman–Crippen MR) is 369 cm³/mol. The van der Waals surface area contributed by atoms with Crippen LogP contribution >= 0.6 is 0 Å². The maximum absolute atomic E-state index is 4.72. The van der Waals surface area contributed by atoms with Gasteiger partial charge in [-0.3, -0.25) is 4.98 Å². The molecule has 0 N–H and O–H groups in total. The van der Waals surface area contributed by atoms with E-state index < -0.39 is 0 Å². The minimum absolute atomic E-state index is 0.382. The van der Waals surface area contributed by atoms with Crippen molar-refractivity contribution in [2.75, 3.05) is 0 Å². The lowest BCUT2D eigenvalue weighted by Gasteiger charge is -2.75. The maximum atomic E-state index is 4.72. The molecule has 17 saturated carbocycles. The largest absolute Gasteiger partial charge is 0.256 e. The molecule has 17 aliphatic carbocycles. The molecule has 454 valence electrons. The van der Waals surface area contributed by atoms with Gasteiger partial charge in [-0.2, -0.15) is 0 Å². The molecule has 25 rings (SSSR count). The van der Waals surface area contributed by atoms with Crippen LogP contribution in [0.5, 0.6) is 0 Å². The number of unbranched alkanes of at least 4 members (excludes halogenated alkanes) is 3. The standard InChI is InChI=1S/C89H93N/c1-2-3-4-8-36-84-37-40-85(41-38-84,42-39-84)66-25-15-59(16-26-66)57-11-13-58(14-12-57)60-17-27-67(28-18-60)86-45-71-74-48-87(49-75(71)73(47-86)76(50-87)72(74)46-86)68-29-19-61(20-30-68)62-21-31-69(32-22-62)88-51-77-80-54-89(55-81(77)79(53-88)82(56-89)78(80)52-88)70-33-23-63(24-34-70)65-35-43-90-83(44-65)64-9-6-5-7-10-64/h5-7,9-35,43-44,71-82H,2-4,8,36-42,45-56H2,1H3. The third-order valence-corrected chi connectivity index (χ3v) is 30.6. The number of benzene rings is 7. The summed E-state index contributed by atoms with van der Waals surface area (Å²) in [6.07, 6.45) is 34.9. The van der Waals surface area contributed by atoms with Gasteiger partial charge in [0.25, 0.3) is 0 Å². The van der Waals surface area contributed by atoms with E-state index in [0.29, 0.717) is 32.5 Å². The Morgan fingerprint density at radius 1 is 0.278 bits per heavy atom. The molecule has 0 radical (unpaired) electrons. The number of nitrogens with zero attached hydrogens (tertiary/aromatic N) is 1. The van der Waals surface area contributed by atoms with Crippen LogP contribution in [0.3, 0.4) is 0 Å². The predicted octanol–water partition coefficient (Wildman–Crippen LogP) is 22.5. The number of rotatable bonds is 15. The van der Waals surface area contributed by atoms with Crippen molar-refractivity contribution in [1.82, 2.24) is 4.98 Å². The molecule has 0 unspecified atom stereocenters. The fourth-order valence-electron chi connectivity index (χ4n) is 26.6. The van der Waals surface area contributed by atoms with Gasteiger partial charge < -0.3 is 0 Å². The zero-order valence-corrected chi connectivity index (χ0v) is 53.6. The van der Waals surface area contributed by atoms with Crippen LogP contribution in [0.25, 0.3) is 55.8 Å². The second-order valence-corrected chi connectivity index (χ2v) is 33.9. The normalized spacial score (nSPS) is 38.6. The zero-order chi connectivity index (χ0) is 59.2. The van der Waals surface area contributed by atoms with Crippen molar-refractivity contribution in [2.45, 2.75) is 182 Å². The lowest BCUT2D eigenvalue weighted by atomic mass is 9.29. The second-order valence-electron chi connectivity index (χ2n) is 33.9. The quantitative estimate of drug-likeness (QED) is 0.0933. The minimum atomic E-state index is 0.382. The molecule has 8 aromatic rings. The van der Waals surface area contributed by atoms with Gasteiger partial charge in [-0.1, -0.05) is 209 Å². The van der Waals surface area contributed by atoms with Gasteiger partial charge in [0.15, 0.2) is 0 Å². The van der Waals surface area contributed by atoms with E-state index in [9.17, 15) is 0 Å². The molecule has 0 atom stereocenters. The van der Waals surface area contributed by atoms with Gasteiger partial charge in [-0.05, 0) is 310 Å². The topological polar surface area (TPSA) is 12.9 Å². The zero-order valence-electron chi connectivity index (χ0n) is 53.6. The summed E-state index contributed by atoms with van der Waals surface area (Å²) in [5, 5.41) is 0. The van der Waals surface area contributed by atoms with E-state index in [4.69, 9.17) is 4.98 Å². The van der Waals surface area contributed by atoms with Crippen molar-refractivity contribution in [3.63, 3.8) is 0 Å². The molecule has 0 aliphatic heterocycles. The highest BCUT2D eigenvalue weighted by atomic mass is 14.8. The summed E-state index contributed by atoms with van der Waals surface area (Å²) in [6, 6.07) is 75.0. The highest BCUT2D eigenvalue weighted by Gasteiger charge is 2.72. The summed E-state index contributed by atoms with van der Waals surface area (Å²) >= 11 is 0. The highest BCUT2D eigenvalue weighted by Crippen LogP contribution is 2.79. The van der Waals surface area contributed by atoms with E-state index in [1.54, 1.807) is 27.8 Å². The van der Waals surface area contributed by atoms with Gasteiger partial charge in [0.1, 0.15) is 0 Å². The number of hydrogen-bond donors (Lipinski definition) is 0. The summed E-state index contributed by atoms with van der Waals surface area (Å²) in [5.41, 5.74) is 23.9. The van der Waals surface area contributed by atoms with Gasteiger partial charge in [-0.15, -0.1) is 0 Å². The third-order valence-electron chi connectivity index (χ3n) is 30.6. The second kappa shape index (κ2) is 19.9. The molecule has 1 nitrogen and oxygen atoms in total. The molecular weight excluding hydrogens is 1080 g/mol. The summed E-state index contributed by atoms with van der Waals surface area (Å²) in [6.45, 7) is 2.34. The molecule has 7 aromatic carbocycles. The van der Waals surface area contributed by atoms with Crippen molar-refractivity contribution in [3.8, 4) is 55.8 Å². The molecule has 1 aromatic heterocycles. The Hall–Kier alpha value is -6.31. The van der Waals surface area contributed by atoms with Gasteiger partial charge in [-0.25, -0.2) is 0 Å². The van der Waals surface area contributed by atoms with E-state index in [1.807, 2.05) is 6.20 Å². The summed E-state index contributed by atoms with van der Waals surface area (Å²) in [5.74, 6) is 11.1. The fourth-order valence-corrected chi connectivity index (χ4v) is 26.6. The first-order valence-electron chi connectivity index (χ1n) is 36.8. The molecule has 0 spiro atoms. The van der Waals surface area contributed by atoms with Crippen LogP contribution in [-0.2, 0) is 27.1 Å². The first-order valence-corrected chi connectivity index (χ1v) is 36.8. The average Bonchev–Trinajstić information content (AvgIpc) is 0.676. The maximum Gasteiger partial charge on any atom is 0.0708 e. The van der Waals surface area contributed by atoms with Crippen LogP contribution in [0.2, 0.25) is 0 Å². The first-order chi connectivity index (χ1) is 44.2. The Morgan fingerprint density at radius 2 is 0.567 bits per heavy atom. The van der Waals surface area contributed by atoms with Crippen LogP contribution in [0.4, 0.5) is 0 Å². The van der Waals surface area contributed by atoms with Crippen molar-refractivity contribution in [1.29, 1.82) is 0 Å². The fraction of sp³-hybridized carbons (Fsp3) is 0.472. The monoisotopic (exact) mass is 1180 g/mol. The molecule has 90 heavy (non-hydrogen) atoms. The van der Waals surface area contributed by atoms with Crippen LogP contribution < -0.4 is 0 Å². The van der Waals surface area contributed by atoms with E-state index >= 15 is 0 Å².